The molecule has 0 bridgehead atoms. The summed E-state index contributed by atoms with van der Waals surface area (Å²) in [6, 6.07) is 7.44. The fraction of sp³-hybridized carbons (Fsp3) is 0.519. The number of ether oxygens (including phenoxy) is 3. The predicted molar refractivity (Wildman–Crippen MR) is 126 cm³/mol. The number of carbonyl (C=O) groups excluding carboxylic acids is 3. The SMILES string of the molecule is CCOc1ccccc1[C@H]1C(C(=O)OC2CCCC2)=C(C)NC2=C1C(=O)[C@@H](C(=O)OC)[C@H](C)C2. The van der Waals surface area contributed by atoms with Crippen LogP contribution in [0.5, 0.6) is 5.75 Å². The van der Waals surface area contributed by atoms with Crippen molar-refractivity contribution in [1.29, 1.82) is 0 Å². The van der Waals surface area contributed by atoms with E-state index in [4.69, 9.17) is 14.2 Å². The highest BCUT2D eigenvalue weighted by Gasteiger charge is 2.48. The largest absolute Gasteiger partial charge is 0.494 e. The van der Waals surface area contributed by atoms with Crippen LogP contribution in [0, 0.1) is 11.8 Å². The van der Waals surface area contributed by atoms with E-state index in [0.717, 1.165) is 31.4 Å². The molecule has 7 heteroatoms. The Labute approximate surface area is 200 Å². The first-order chi connectivity index (χ1) is 16.4. The lowest BCUT2D eigenvalue weighted by Crippen LogP contribution is -2.43. The zero-order valence-electron chi connectivity index (χ0n) is 20.3. The number of methoxy groups -OCH3 is 1. The van der Waals surface area contributed by atoms with E-state index in [1.54, 1.807) is 0 Å². The molecule has 1 N–H and O–H groups in total. The van der Waals surface area contributed by atoms with E-state index in [-0.39, 0.29) is 17.8 Å². The summed E-state index contributed by atoms with van der Waals surface area (Å²) in [5, 5.41) is 3.31. The third-order valence-electron chi connectivity index (χ3n) is 7.07. The first-order valence-electron chi connectivity index (χ1n) is 12.1. The molecule has 34 heavy (non-hydrogen) atoms. The molecule has 1 saturated carbocycles. The number of ketones is 1. The molecule has 1 aliphatic heterocycles. The fourth-order valence-corrected chi connectivity index (χ4v) is 5.49. The Morgan fingerprint density at radius 2 is 1.85 bits per heavy atom. The average molecular weight is 468 g/mol. The Kier molecular flexibility index (Phi) is 7.10. The van der Waals surface area contributed by atoms with Crippen molar-refractivity contribution in [3.05, 3.63) is 52.4 Å². The molecule has 182 valence electrons. The Balaban J connectivity index is 1.84. The van der Waals surface area contributed by atoms with E-state index in [9.17, 15) is 14.4 Å². The Morgan fingerprint density at radius 3 is 2.53 bits per heavy atom. The number of hydrogen-bond acceptors (Lipinski definition) is 7. The molecule has 1 aromatic rings. The van der Waals surface area contributed by atoms with Crippen LogP contribution in [-0.4, -0.2) is 37.5 Å². The molecule has 0 radical (unpaired) electrons. The third kappa shape index (κ3) is 4.36. The number of nitrogens with one attached hydrogen (secondary N) is 1. The van der Waals surface area contributed by atoms with Gasteiger partial charge in [0.05, 0.1) is 25.2 Å². The van der Waals surface area contributed by atoms with E-state index in [2.05, 4.69) is 5.32 Å². The van der Waals surface area contributed by atoms with Gasteiger partial charge in [-0.15, -0.1) is 0 Å². The molecule has 0 amide bonds. The number of benzene rings is 1. The van der Waals surface area contributed by atoms with Crippen LogP contribution in [0.1, 0.15) is 64.4 Å². The molecule has 4 rings (SSSR count). The minimum absolute atomic E-state index is 0.115. The normalized spacial score (nSPS) is 25.1. The van der Waals surface area contributed by atoms with Crippen molar-refractivity contribution in [2.24, 2.45) is 11.8 Å². The highest BCUT2D eigenvalue weighted by molar-refractivity contribution is 6.12. The molecule has 0 spiro atoms. The highest BCUT2D eigenvalue weighted by Crippen LogP contribution is 2.47. The summed E-state index contributed by atoms with van der Waals surface area (Å²) in [7, 11) is 1.29. The van der Waals surface area contributed by atoms with Gasteiger partial charge in [-0.05, 0) is 57.9 Å². The molecule has 0 saturated heterocycles. The van der Waals surface area contributed by atoms with Crippen LogP contribution in [0.15, 0.2) is 46.8 Å². The van der Waals surface area contributed by atoms with Crippen molar-refractivity contribution >= 4 is 17.7 Å². The first-order valence-corrected chi connectivity index (χ1v) is 12.1. The van der Waals surface area contributed by atoms with Crippen LogP contribution in [0.2, 0.25) is 0 Å². The maximum Gasteiger partial charge on any atom is 0.337 e. The van der Waals surface area contributed by atoms with E-state index in [1.165, 1.54) is 7.11 Å². The minimum Gasteiger partial charge on any atom is -0.494 e. The highest BCUT2D eigenvalue weighted by atomic mass is 16.5. The lowest BCUT2D eigenvalue weighted by atomic mass is 9.69. The Bertz CT molecular complexity index is 1050. The Morgan fingerprint density at radius 1 is 1.15 bits per heavy atom. The van der Waals surface area contributed by atoms with Crippen LogP contribution in [-0.2, 0) is 23.9 Å². The van der Waals surface area contributed by atoms with Crippen LogP contribution >= 0.6 is 0 Å². The first kappa shape index (κ1) is 24.0. The van der Waals surface area contributed by atoms with Gasteiger partial charge in [-0.2, -0.15) is 0 Å². The molecular formula is C27H33NO6. The zero-order chi connectivity index (χ0) is 24.4. The molecule has 3 aliphatic rings. The molecule has 3 atom stereocenters. The second-order valence-electron chi connectivity index (χ2n) is 9.32. The number of dihydropyridines is 1. The molecule has 2 aliphatic carbocycles. The van der Waals surface area contributed by atoms with E-state index < -0.39 is 23.8 Å². The van der Waals surface area contributed by atoms with Crippen molar-refractivity contribution in [2.75, 3.05) is 13.7 Å². The van der Waals surface area contributed by atoms with Crippen molar-refractivity contribution < 1.29 is 28.6 Å². The number of rotatable bonds is 6. The second-order valence-corrected chi connectivity index (χ2v) is 9.32. The molecule has 0 unspecified atom stereocenters. The van der Waals surface area contributed by atoms with E-state index in [0.29, 0.717) is 41.2 Å². The molecule has 7 nitrogen and oxygen atoms in total. The summed E-state index contributed by atoms with van der Waals surface area (Å²) < 4.78 is 16.8. The average Bonchev–Trinajstić information content (AvgIpc) is 3.31. The Hall–Kier alpha value is -3.09. The van der Waals surface area contributed by atoms with Gasteiger partial charge in [0.2, 0.25) is 0 Å². The maximum absolute atomic E-state index is 13.8. The van der Waals surface area contributed by atoms with Crippen molar-refractivity contribution in [3.8, 4) is 5.75 Å². The smallest absolute Gasteiger partial charge is 0.337 e. The van der Waals surface area contributed by atoms with Crippen LogP contribution in [0.4, 0.5) is 0 Å². The summed E-state index contributed by atoms with van der Waals surface area (Å²) in [4.78, 5) is 39.9. The summed E-state index contributed by atoms with van der Waals surface area (Å²) in [6.45, 7) is 6.04. The summed E-state index contributed by atoms with van der Waals surface area (Å²) in [6.07, 6.45) is 4.15. The fourth-order valence-electron chi connectivity index (χ4n) is 5.49. The predicted octanol–water partition coefficient (Wildman–Crippen LogP) is 4.18. The second kappa shape index (κ2) is 10.0. The summed E-state index contributed by atoms with van der Waals surface area (Å²) >= 11 is 0. The summed E-state index contributed by atoms with van der Waals surface area (Å²) in [5.41, 5.74) is 2.93. The van der Waals surface area contributed by atoms with Crippen LogP contribution < -0.4 is 10.1 Å². The zero-order valence-corrected chi connectivity index (χ0v) is 20.3. The van der Waals surface area contributed by atoms with E-state index >= 15 is 0 Å². The molecular weight excluding hydrogens is 434 g/mol. The number of allylic oxidation sites excluding steroid dienone is 3. The third-order valence-corrected chi connectivity index (χ3v) is 7.07. The number of carbonyl (C=O) groups is 3. The number of para-hydroxylation sites is 1. The van der Waals surface area contributed by atoms with Gasteiger partial charge < -0.3 is 19.5 Å². The molecule has 1 fully saturated rings. The monoisotopic (exact) mass is 467 g/mol. The van der Waals surface area contributed by atoms with Gasteiger partial charge in [0.15, 0.2) is 5.78 Å². The quantitative estimate of drug-likeness (QED) is 0.496. The van der Waals surface area contributed by atoms with Crippen LogP contribution in [0.25, 0.3) is 0 Å². The topological polar surface area (TPSA) is 90.9 Å². The lowest BCUT2D eigenvalue weighted by Gasteiger charge is -2.38. The summed E-state index contributed by atoms with van der Waals surface area (Å²) in [5.74, 6) is -2.54. The van der Waals surface area contributed by atoms with Crippen molar-refractivity contribution in [2.45, 2.75) is 64.9 Å². The number of hydrogen-bond donors (Lipinski definition) is 1. The van der Waals surface area contributed by atoms with Crippen LogP contribution in [0.3, 0.4) is 0 Å². The van der Waals surface area contributed by atoms with Crippen molar-refractivity contribution in [3.63, 3.8) is 0 Å². The van der Waals surface area contributed by atoms with Gasteiger partial charge in [-0.3, -0.25) is 9.59 Å². The molecule has 0 aromatic heterocycles. The van der Waals surface area contributed by atoms with Gasteiger partial charge in [-0.1, -0.05) is 25.1 Å². The molecule has 1 heterocycles. The van der Waals surface area contributed by atoms with Crippen molar-refractivity contribution in [1.82, 2.24) is 5.32 Å². The van der Waals surface area contributed by atoms with Gasteiger partial charge in [0, 0.05) is 22.5 Å². The standard InChI is InChI=1S/C27H33NO6/c1-5-33-20-13-9-8-12-18(20)23-22(27(31)34-17-10-6-7-11-17)16(3)28-19-14-15(2)21(26(30)32-4)25(29)24(19)23/h8-9,12-13,15,17,21,23,28H,5-7,10-11,14H2,1-4H3/t15-,21+,23+/m1/s1. The van der Waals surface area contributed by atoms with Gasteiger partial charge >= 0.3 is 11.9 Å². The maximum atomic E-state index is 13.8. The van der Waals surface area contributed by atoms with E-state index in [1.807, 2.05) is 45.0 Å². The number of Topliss-reactive ketones (excluding diaryl/α,β-unsaturated/α-hetero) is 1. The minimum atomic E-state index is -0.919. The van der Waals surface area contributed by atoms with Gasteiger partial charge in [0.1, 0.15) is 17.8 Å². The van der Waals surface area contributed by atoms with Gasteiger partial charge in [0.25, 0.3) is 0 Å². The lowest BCUT2D eigenvalue weighted by molar-refractivity contribution is -0.151. The number of esters is 2. The molecule has 1 aromatic carbocycles. The van der Waals surface area contributed by atoms with Gasteiger partial charge in [-0.25, -0.2) is 4.79 Å².